The number of hydrogen-bond donors (Lipinski definition) is 2. The van der Waals surface area contributed by atoms with Gasteiger partial charge in [0, 0.05) is 5.39 Å². The standard InChI is InChI=1S/C21H19N3OS/c1-3-14-11-13(2)19(25)17(12-14)20-22-23-21(26)24(20)18-10-6-8-15-7-4-5-9-16(15)18/h4-12,25H,3H2,1-2H3,(H,23,26). The van der Waals surface area contributed by atoms with Gasteiger partial charge < -0.3 is 5.11 Å². The lowest BCUT2D eigenvalue weighted by Gasteiger charge is -2.13. The highest BCUT2D eigenvalue weighted by atomic mass is 32.1. The van der Waals surface area contributed by atoms with Gasteiger partial charge in [-0.15, -0.1) is 0 Å². The number of fused-ring (bicyclic) bond motifs is 1. The molecule has 4 nitrogen and oxygen atoms in total. The lowest BCUT2D eigenvalue weighted by Crippen LogP contribution is -2.00. The van der Waals surface area contributed by atoms with E-state index in [2.05, 4.69) is 35.3 Å². The zero-order chi connectivity index (χ0) is 18.3. The van der Waals surface area contributed by atoms with Crippen molar-refractivity contribution in [2.24, 2.45) is 0 Å². The molecule has 26 heavy (non-hydrogen) atoms. The van der Waals surface area contributed by atoms with Crippen molar-refractivity contribution in [3.8, 4) is 22.8 Å². The summed E-state index contributed by atoms with van der Waals surface area (Å²) in [5, 5.41) is 20.2. The minimum Gasteiger partial charge on any atom is -0.507 e. The van der Waals surface area contributed by atoms with Crippen molar-refractivity contribution >= 4 is 23.0 Å². The fourth-order valence-electron chi connectivity index (χ4n) is 3.33. The Balaban J connectivity index is 2.04. The molecule has 2 N–H and O–H groups in total. The molecule has 0 amide bonds. The smallest absolute Gasteiger partial charge is 0.200 e. The molecule has 0 unspecified atom stereocenters. The van der Waals surface area contributed by atoms with Gasteiger partial charge in [-0.25, -0.2) is 0 Å². The largest absolute Gasteiger partial charge is 0.507 e. The Hall–Kier alpha value is -2.92. The molecule has 0 spiro atoms. The monoisotopic (exact) mass is 361 g/mol. The number of H-pyrrole nitrogens is 1. The van der Waals surface area contributed by atoms with Crippen molar-refractivity contribution in [1.82, 2.24) is 14.8 Å². The summed E-state index contributed by atoms with van der Waals surface area (Å²) in [4.78, 5) is 0. The first kappa shape index (κ1) is 16.5. The quantitative estimate of drug-likeness (QED) is 0.485. The predicted octanol–water partition coefficient (Wildman–Crippen LogP) is 5.33. The lowest BCUT2D eigenvalue weighted by molar-refractivity contribution is 0.472. The molecule has 3 aromatic carbocycles. The summed E-state index contributed by atoms with van der Waals surface area (Å²) in [7, 11) is 0. The number of aromatic hydroxyl groups is 1. The van der Waals surface area contributed by atoms with E-state index < -0.39 is 0 Å². The Morgan fingerprint density at radius 2 is 1.88 bits per heavy atom. The van der Waals surface area contributed by atoms with E-state index >= 15 is 0 Å². The fourth-order valence-corrected chi connectivity index (χ4v) is 3.56. The summed E-state index contributed by atoms with van der Waals surface area (Å²) in [5.74, 6) is 0.847. The van der Waals surface area contributed by atoms with Crippen molar-refractivity contribution in [2.45, 2.75) is 20.3 Å². The molecule has 5 heteroatoms. The maximum Gasteiger partial charge on any atom is 0.200 e. The molecule has 130 valence electrons. The number of nitrogens with one attached hydrogen (secondary N) is 1. The Bertz CT molecular complexity index is 1170. The second kappa shape index (κ2) is 6.42. The van der Waals surface area contributed by atoms with Crippen LogP contribution < -0.4 is 0 Å². The highest BCUT2D eigenvalue weighted by Crippen LogP contribution is 2.35. The van der Waals surface area contributed by atoms with Crippen LogP contribution in [0.1, 0.15) is 18.1 Å². The summed E-state index contributed by atoms with van der Waals surface area (Å²) >= 11 is 5.52. The van der Waals surface area contributed by atoms with E-state index in [4.69, 9.17) is 12.2 Å². The van der Waals surface area contributed by atoms with Crippen molar-refractivity contribution in [1.29, 1.82) is 0 Å². The molecule has 0 aliphatic heterocycles. The second-order valence-corrected chi connectivity index (χ2v) is 6.74. The molecule has 0 atom stereocenters. The van der Waals surface area contributed by atoms with Gasteiger partial charge in [0.2, 0.25) is 0 Å². The third-order valence-corrected chi connectivity index (χ3v) is 4.96. The normalized spacial score (nSPS) is 11.2. The molecule has 0 radical (unpaired) electrons. The maximum absolute atomic E-state index is 10.7. The van der Waals surface area contributed by atoms with Crippen LogP contribution >= 0.6 is 12.2 Å². The van der Waals surface area contributed by atoms with E-state index in [1.807, 2.05) is 47.9 Å². The first-order valence-electron chi connectivity index (χ1n) is 8.58. The van der Waals surface area contributed by atoms with Gasteiger partial charge in [-0.2, -0.15) is 5.10 Å². The van der Waals surface area contributed by atoms with Crippen molar-refractivity contribution in [3.63, 3.8) is 0 Å². The van der Waals surface area contributed by atoms with E-state index in [0.29, 0.717) is 16.2 Å². The van der Waals surface area contributed by atoms with Crippen LogP contribution in [0.2, 0.25) is 0 Å². The topological polar surface area (TPSA) is 53.8 Å². The van der Waals surface area contributed by atoms with Crippen LogP contribution in [0.25, 0.3) is 27.8 Å². The Labute approximate surface area is 156 Å². The Kier molecular flexibility index (Phi) is 4.09. The summed E-state index contributed by atoms with van der Waals surface area (Å²) in [5.41, 5.74) is 3.60. The van der Waals surface area contributed by atoms with Crippen molar-refractivity contribution in [2.75, 3.05) is 0 Å². The molecular formula is C21H19N3OS. The Morgan fingerprint density at radius 3 is 2.69 bits per heavy atom. The number of aryl methyl sites for hydroxylation is 2. The number of hydrogen-bond acceptors (Lipinski definition) is 3. The van der Waals surface area contributed by atoms with Crippen LogP contribution in [0.5, 0.6) is 5.75 Å². The molecule has 1 heterocycles. The minimum absolute atomic E-state index is 0.234. The van der Waals surface area contributed by atoms with E-state index in [0.717, 1.165) is 34.0 Å². The van der Waals surface area contributed by atoms with E-state index in [1.54, 1.807) is 0 Å². The number of phenols is 1. The number of nitrogens with zero attached hydrogens (tertiary/aromatic N) is 2. The molecule has 0 saturated carbocycles. The van der Waals surface area contributed by atoms with Gasteiger partial charge in [-0.05, 0) is 54.2 Å². The zero-order valence-electron chi connectivity index (χ0n) is 14.7. The third-order valence-electron chi connectivity index (χ3n) is 4.69. The number of phenolic OH excluding ortho intramolecular Hbond substituents is 1. The van der Waals surface area contributed by atoms with Crippen LogP contribution in [0, 0.1) is 11.7 Å². The predicted molar refractivity (Wildman–Crippen MR) is 107 cm³/mol. The van der Waals surface area contributed by atoms with Gasteiger partial charge in [0.25, 0.3) is 0 Å². The van der Waals surface area contributed by atoms with Crippen LogP contribution in [-0.2, 0) is 6.42 Å². The average Bonchev–Trinajstić information content (AvgIpc) is 3.04. The first-order chi connectivity index (χ1) is 12.6. The van der Waals surface area contributed by atoms with E-state index in [1.165, 1.54) is 0 Å². The second-order valence-electron chi connectivity index (χ2n) is 6.35. The van der Waals surface area contributed by atoms with Gasteiger partial charge >= 0.3 is 0 Å². The number of benzene rings is 3. The van der Waals surface area contributed by atoms with E-state index in [9.17, 15) is 5.11 Å². The van der Waals surface area contributed by atoms with Gasteiger partial charge in [0.1, 0.15) is 5.75 Å². The summed E-state index contributed by atoms with van der Waals surface area (Å²) < 4.78 is 2.39. The molecule has 0 aliphatic carbocycles. The first-order valence-corrected chi connectivity index (χ1v) is 8.99. The van der Waals surface area contributed by atoms with E-state index in [-0.39, 0.29) is 5.75 Å². The van der Waals surface area contributed by atoms with Gasteiger partial charge in [-0.3, -0.25) is 9.67 Å². The number of rotatable bonds is 3. The number of aromatic nitrogens is 3. The summed E-state index contributed by atoms with van der Waals surface area (Å²) in [6.45, 7) is 4.00. The minimum atomic E-state index is 0.234. The van der Waals surface area contributed by atoms with Gasteiger partial charge in [0.15, 0.2) is 10.6 Å². The van der Waals surface area contributed by atoms with Crippen molar-refractivity contribution < 1.29 is 5.11 Å². The van der Waals surface area contributed by atoms with Gasteiger partial charge in [0.05, 0.1) is 11.3 Å². The molecule has 0 bridgehead atoms. The summed E-state index contributed by atoms with van der Waals surface area (Å²) in [6.07, 6.45) is 0.882. The highest BCUT2D eigenvalue weighted by Gasteiger charge is 2.17. The molecule has 0 saturated heterocycles. The van der Waals surface area contributed by atoms with Crippen LogP contribution in [0.4, 0.5) is 0 Å². The highest BCUT2D eigenvalue weighted by molar-refractivity contribution is 7.71. The maximum atomic E-state index is 10.7. The molecule has 4 rings (SSSR count). The molecule has 0 fully saturated rings. The molecular weight excluding hydrogens is 342 g/mol. The molecule has 1 aromatic heterocycles. The SMILES string of the molecule is CCc1cc(C)c(O)c(-c2n[nH]c(=S)n2-c2cccc3ccccc23)c1. The van der Waals surface area contributed by atoms with Gasteiger partial charge in [-0.1, -0.05) is 49.4 Å². The lowest BCUT2D eigenvalue weighted by atomic mass is 10.0. The number of aromatic amines is 1. The Morgan fingerprint density at radius 1 is 1.12 bits per heavy atom. The van der Waals surface area contributed by atoms with Crippen LogP contribution in [0.3, 0.4) is 0 Å². The van der Waals surface area contributed by atoms with Crippen LogP contribution in [-0.4, -0.2) is 19.9 Å². The zero-order valence-corrected chi connectivity index (χ0v) is 15.5. The molecule has 4 aromatic rings. The average molecular weight is 361 g/mol. The third kappa shape index (κ3) is 2.61. The van der Waals surface area contributed by atoms with Crippen LogP contribution in [0.15, 0.2) is 54.6 Å². The fraction of sp³-hybridized carbons (Fsp3) is 0.143. The molecule has 0 aliphatic rings. The summed E-state index contributed by atoms with van der Waals surface area (Å²) in [6, 6.07) is 18.2. The van der Waals surface area contributed by atoms with Crippen molar-refractivity contribution in [3.05, 3.63) is 70.5 Å².